The Morgan fingerprint density at radius 3 is 2.26 bits per heavy atom. The SMILES string of the molecule is CCc1ccc(C(=O)N[C@H]2C(=O)N3C(C(=O)OC(c4ccccc4)c4ccccc4)=C(CO)CS[C@H]23)c(O)c1. The number of nitrogens with one attached hydrogen (secondary N) is 1. The number of amides is 2. The summed E-state index contributed by atoms with van der Waals surface area (Å²) in [4.78, 5) is 41.0. The van der Waals surface area contributed by atoms with Crippen molar-refractivity contribution in [3.05, 3.63) is 112 Å². The van der Waals surface area contributed by atoms with Gasteiger partial charge in [-0.15, -0.1) is 11.8 Å². The molecule has 2 aliphatic heterocycles. The number of fused-ring (bicyclic) bond motifs is 1. The number of nitrogens with zero attached hydrogens (tertiary/aromatic N) is 1. The molecule has 0 radical (unpaired) electrons. The van der Waals surface area contributed by atoms with Crippen LogP contribution in [0.5, 0.6) is 5.75 Å². The monoisotopic (exact) mass is 544 g/mol. The molecule has 2 atom stereocenters. The van der Waals surface area contributed by atoms with Crippen LogP contribution in [-0.2, 0) is 20.7 Å². The molecule has 1 saturated heterocycles. The highest BCUT2D eigenvalue weighted by Gasteiger charge is 2.54. The second-order valence-corrected chi connectivity index (χ2v) is 10.4. The lowest BCUT2D eigenvalue weighted by Gasteiger charge is -2.49. The molecule has 0 aliphatic carbocycles. The smallest absolute Gasteiger partial charge is 0.356 e. The van der Waals surface area contributed by atoms with Crippen LogP contribution >= 0.6 is 11.8 Å². The van der Waals surface area contributed by atoms with Crippen LogP contribution in [0.15, 0.2) is 90.1 Å². The second kappa shape index (κ2) is 11.3. The highest BCUT2D eigenvalue weighted by atomic mass is 32.2. The molecule has 200 valence electrons. The van der Waals surface area contributed by atoms with Crippen molar-refractivity contribution in [1.82, 2.24) is 10.2 Å². The van der Waals surface area contributed by atoms with Crippen molar-refractivity contribution >= 4 is 29.5 Å². The molecule has 5 rings (SSSR count). The number of benzene rings is 3. The van der Waals surface area contributed by atoms with Crippen molar-refractivity contribution in [2.24, 2.45) is 0 Å². The van der Waals surface area contributed by atoms with E-state index in [1.807, 2.05) is 67.6 Å². The molecule has 39 heavy (non-hydrogen) atoms. The predicted octanol–water partition coefficient (Wildman–Crippen LogP) is 3.55. The lowest BCUT2D eigenvalue weighted by Crippen LogP contribution is -2.70. The van der Waals surface area contributed by atoms with E-state index in [1.165, 1.54) is 28.8 Å². The van der Waals surface area contributed by atoms with Crippen LogP contribution in [0.2, 0.25) is 0 Å². The van der Waals surface area contributed by atoms with E-state index < -0.39 is 41.9 Å². The molecule has 0 aromatic heterocycles. The number of aliphatic hydroxyl groups excluding tert-OH is 1. The molecule has 2 heterocycles. The summed E-state index contributed by atoms with van der Waals surface area (Å²) in [6, 6.07) is 22.5. The van der Waals surface area contributed by atoms with Gasteiger partial charge in [0.1, 0.15) is 22.9 Å². The maximum atomic E-state index is 13.6. The number of rotatable bonds is 8. The Morgan fingerprint density at radius 2 is 1.69 bits per heavy atom. The Bertz CT molecular complexity index is 1390. The maximum absolute atomic E-state index is 13.6. The van der Waals surface area contributed by atoms with Gasteiger partial charge in [-0.05, 0) is 40.8 Å². The van der Waals surface area contributed by atoms with Gasteiger partial charge < -0.3 is 20.3 Å². The normalized spacial score (nSPS) is 18.4. The molecular weight excluding hydrogens is 516 g/mol. The number of esters is 1. The lowest BCUT2D eigenvalue weighted by atomic mass is 10.0. The molecule has 0 spiro atoms. The van der Waals surface area contributed by atoms with E-state index in [-0.39, 0.29) is 17.0 Å². The first-order chi connectivity index (χ1) is 18.9. The number of hydrogen-bond acceptors (Lipinski definition) is 7. The van der Waals surface area contributed by atoms with Crippen molar-refractivity contribution in [2.75, 3.05) is 12.4 Å². The summed E-state index contributed by atoms with van der Waals surface area (Å²) in [5.41, 5.74) is 2.86. The molecule has 0 unspecified atom stereocenters. The zero-order valence-electron chi connectivity index (χ0n) is 21.2. The van der Waals surface area contributed by atoms with Crippen LogP contribution in [0.25, 0.3) is 0 Å². The van der Waals surface area contributed by atoms with Gasteiger partial charge in [-0.25, -0.2) is 4.79 Å². The largest absolute Gasteiger partial charge is 0.507 e. The Kier molecular flexibility index (Phi) is 7.72. The minimum absolute atomic E-state index is 0.00348. The molecule has 2 aliphatic rings. The zero-order chi connectivity index (χ0) is 27.5. The number of β-lactam (4-membered cyclic amide) rings is 1. The summed E-state index contributed by atoms with van der Waals surface area (Å²) in [5, 5.41) is 22.4. The summed E-state index contributed by atoms with van der Waals surface area (Å²) in [6.07, 6.45) is -0.0146. The quantitative estimate of drug-likeness (QED) is 0.293. The number of aryl methyl sites for hydroxylation is 1. The van der Waals surface area contributed by atoms with Crippen LogP contribution in [0, 0.1) is 0 Å². The zero-order valence-corrected chi connectivity index (χ0v) is 22.1. The van der Waals surface area contributed by atoms with Crippen LogP contribution < -0.4 is 5.32 Å². The summed E-state index contributed by atoms with van der Waals surface area (Å²) in [5.74, 6) is -1.67. The van der Waals surface area contributed by atoms with E-state index in [0.717, 1.165) is 16.7 Å². The third kappa shape index (κ3) is 5.15. The van der Waals surface area contributed by atoms with E-state index in [0.29, 0.717) is 17.7 Å². The number of hydrogen-bond donors (Lipinski definition) is 3. The summed E-state index contributed by atoms with van der Waals surface area (Å²) < 4.78 is 5.99. The van der Waals surface area contributed by atoms with Crippen LogP contribution in [0.1, 0.15) is 40.1 Å². The average molecular weight is 545 g/mol. The molecule has 3 aromatic carbocycles. The molecular formula is C30H28N2O6S. The van der Waals surface area contributed by atoms with Crippen molar-refractivity contribution in [2.45, 2.75) is 30.9 Å². The first kappa shape index (κ1) is 26.5. The van der Waals surface area contributed by atoms with E-state index >= 15 is 0 Å². The van der Waals surface area contributed by atoms with Crippen molar-refractivity contribution < 1.29 is 29.3 Å². The number of aromatic hydroxyl groups is 1. The number of aliphatic hydroxyl groups is 1. The summed E-state index contributed by atoms with van der Waals surface area (Å²) in [6.45, 7) is 1.53. The van der Waals surface area contributed by atoms with E-state index in [9.17, 15) is 24.6 Å². The van der Waals surface area contributed by atoms with Gasteiger partial charge in [0.2, 0.25) is 0 Å². The van der Waals surface area contributed by atoms with Crippen molar-refractivity contribution in [3.8, 4) is 5.75 Å². The van der Waals surface area contributed by atoms with Crippen LogP contribution in [0.3, 0.4) is 0 Å². The van der Waals surface area contributed by atoms with Crippen LogP contribution in [-0.4, -0.2) is 56.7 Å². The molecule has 3 N–H and O–H groups in total. The number of ether oxygens (including phenoxy) is 1. The standard InChI is InChI=1S/C30H28N2O6S/c1-2-18-13-14-22(23(34)15-18)27(35)31-24-28(36)32-25(21(16-33)17-39-29(24)32)30(37)38-26(19-9-5-3-6-10-19)20-11-7-4-8-12-20/h3-15,24,26,29,33-34H,2,16-17H2,1H3,(H,31,35)/t24-,29+/m0/s1. The lowest BCUT2D eigenvalue weighted by molar-refractivity contribution is -0.153. The molecule has 2 amide bonds. The third-order valence-electron chi connectivity index (χ3n) is 6.86. The Hall–Kier alpha value is -4.08. The molecule has 9 heteroatoms. The summed E-state index contributed by atoms with van der Waals surface area (Å²) >= 11 is 1.34. The topological polar surface area (TPSA) is 116 Å². The van der Waals surface area contributed by atoms with Gasteiger partial charge >= 0.3 is 5.97 Å². The number of carbonyl (C=O) groups is 3. The number of carbonyl (C=O) groups excluding carboxylic acids is 3. The minimum atomic E-state index is -0.894. The van der Waals surface area contributed by atoms with Gasteiger partial charge in [0.25, 0.3) is 11.8 Å². The van der Waals surface area contributed by atoms with Gasteiger partial charge in [0.05, 0.1) is 12.2 Å². The van der Waals surface area contributed by atoms with Crippen LogP contribution in [0.4, 0.5) is 0 Å². The fraction of sp³-hybridized carbons (Fsp3) is 0.233. The first-order valence-corrected chi connectivity index (χ1v) is 13.7. The van der Waals surface area contributed by atoms with E-state index in [1.54, 1.807) is 6.07 Å². The van der Waals surface area contributed by atoms with E-state index in [2.05, 4.69) is 5.32 Å². The Balaban J connectivity index is 1.37. The minimum Gasteiger partial charge on any atom is -0.507 e. The number of phenolic OH excluding ortho intramolecular Hbond substituents is 1. The fourth-order valence-electron chi connectivity index (χ4n) is 4.75. The highest BCUT2D eigenvalue weighted by molar-refractivity contribution is 8.00. The van der Waals surface area contributed by atoms with Gasteiger partial charge in [-0.1, -0.05) is 73.7 Å². The number of phenols is 1. The van der Waals surface area contributed by atoms with Gasteiger partial charge in [-0.2, -0.15) is 0 Å². The molecule has 1 fully saturated rings. The fourth-order valence-corrected chi connectivity index (χ4v) is 6.08. The number of thioether (sulfide) groups is 1. The first-order valence-electron chi connectivity index (χ1n) is 12.6. The van der Waals surface area contributed by atoms with E-state index in [4.69, 9.17) is 4.74 Å². The van der Waals surface area contributed by atoms with Crippen molar-refractivity contribution in [3.63, 3.8) is 0 Å². The maximum Gasteiger partial charge on any atom is 0.356 e. The van der Waals surface area contributed by atoms with Gasteiger partial charge in [0, 0.05) is 5.75 Å². The van der Waals surface area contributed by atoms with Gasteiger partial charge in [-0.3, -0.25) is 14.5 Å². The molecule has 0 bridgehead atoms. The third-order valence-corrected chi connectivity index (χ3v) is 8.20. The average Bonchev–Trinajstić information content (AvgIpc) is 2.98. The Morgan fingerprint density at radius 1 is 1.05 bits per heavy atom. The molecule has 8 nitrogen and oxygen atoms in total. The highest BCUT2D eigenvalue weighted by Crippen LogP contribution is 2.41. The summed E-state index contributed by atoms with van der Waals surface area (Å²) in [7, 11) is 0. The second-order valence-electron chi connectivity index (χ2n) is 9.28. The van der Waals surface area contributed by atoms with Gasteiger partial charge in [0.15, 0.2) is 6.10 Å². The Labute approximate surface area is 230 Å². The molecule has 0 saturated carbocycles. The van der Waals surface area contributed by atoms with Crippen molar-refractivity contribution in [1.29, 1.82) is 0 Å². The molecule has 3 aromatic rings. The predicted molar refractivity (Wildman–Crippen MR) is 147 cm³/mol.